The SMILES string of the molecule is CCNC(=O)Nc1cccc(NC(=O)c2ccc(Cl)cc2I)c1. The molecular weight excluding hydrogens is 429 g/mol. The van der Waals surface area contributed by atoms with Crippen LogP contribution in [0.5, 0.6) is 0 Å². The van der Waals surface area contributed by atoms with Crippen molar-refractivity contribution < 1.29 is 9.59 Å². The minimum atomic E-state index is -0.289. The molecule has 0 aliphatic rings. The maximum atomic E-state index is 12.3. The Balaban J connectivity index is 2.10. The van der Waals surface area contributed by atoms with Crippen molar-refractivity contribution in [3.8, 4) is 0 Å². The standard InChI is InChI=1S/C16H15ClIN3O2/c1-2-19-16(23)21-12-5-3-4-11(9-12)20-15(22)13-7-6-10(17)8-14(13)18/h3-9H,2H2,1H3,(H,20,22)(H2,19,21,23). The number of rotatable bonds is 4. The van der Waals surface area contributed by atoms with E-state index in [1.807, 2.05) is 6.92 Å². The molecule has 2 aromatic carbocycles. The lowest BCUT2D eigenvalue weighted by molar-refractivity contribution is 0.102. The van der Waals surface area contributed by atoms with Crippen molar-refractivity contribution in [1.82, 2.24) is 5.32 Å². The van der Waals surface area contributed by atoms with Gasteiger partial charge in [0.15, 0.2) is 0 Å². The van der Waals surface area contributed by atoms with E-state index in [0.29, 0.717) is 28.5 Å². The predicted molar refractivity (Wildman–Crippen MR) is 101 cm³/mol. The van der Waals surface area contributed by atoms with Gasteiger partial charge in [-0.25, -0.2) is 4.79 Å². The third kappa shape index (κ3) is 5.11. The highest BCUT2D eigenvalue weighted by molar-refractivity contribution is 14.1. The van der Waals surface area contributed by atoms with Gasteiger partial charge in [0, 0.05) is 26.5 Å². The molecule has 0 saturated carbocycles. The van der Waals surface area contributed by atoms with Crippen molar-refractivity contribution in [1.29, 1.82) is 0 Å². The number of nitrogens with one attached hydrogen (secondary N) is 3. The zero-order valence-electron chi connectivity index (χ0n) is 12.3. The van der Waals surface area contributed by atoms with E-state index in [0.717, 1.165) is 3.57 Å². The van der Waals surface area contributed by atoms with Crippen molar-refractivity contribution in [2.45, 2.75) is 6.92 Å². The Morgan fingerprint density at radius 2 is 1.78 bits per heavy atom. The van der Waals surface area contributed by atoms with Crippen molar-refractivity contribution in [3.05, 3.63) is 56.6 Å². The molecule has 0 atom stereocenters. The summed E-state index contributed by atoms with van der Waals surface area (Å²) in [5.74, 6) is -0.235. The van der Waals surface area contributed by atoms with E-state index < -0.39 is 0 Å². The molecule has 0 bridgehead atoms. The second-order valence-electron chi connectivity index (χ2n) is 4.64. The van der Waals surface area contributed by atoms with Gasteiger partial charge in [-0.2, -0.15) is 0 Å². The molecule has 3 amide bonds. The van der Waals surface area contributed by atoms with E-state index in [1.165, 1.54) is 0 Å². The first-order valence-corrected chi connectivity index (χ1v) is 8.36. The van der Waals surface area contributed by atoms with Gasteiger partial charge in [-0.3, -0.25) is 4.79 Å². The third-order valence-electron chi connectivity index (χ3n) is 2.89. The second kappa shape index (κ2) is 8.16. The average Bonchev–Trinajstić information content (AvgIpc) is 2.47. The van der Waals surface area contributed by atoms with Crippen LogP contribution in [0.1, 0.15) is 17.3 Å². The highest BCUT2D eigenvalue weighted by Crippen LogP contribution is 2.20. The van der Waals surface area contributed by atoms with Crippen molar-refractivity contribution in [2.24, 2.45) is 0 Å². The lowest BCUT2D eigenvalue weighted by atomic mass is 10.2. The largest absolute Gasteiger partial charge is 0.338 e. The molecule has 0 spiro atoms. The van der Waals surface area contributed by atoms with E-state index in [2.05, 4.69) is 38.5 Å². The Morgan fingerprint density at radius 1 is 1.09 bits per heavy atom. The first kappa shape index (κ1) is 17.6. The average molecular weight is 444 g/mol. The molecule has 0 unspecified atom stereocenters. The zero-order chi connectivity index (χ0) is 16.8. The molecule has 5 nitrogen and oxygen atoms in total. The number of amides is 3. The molecule has 0 aliphatic carbocycles. The second-order valence-corrected chi connectivity index (χ2v) is 6.24. The van der Waals surface area contributed by atoms with Crippen molar-refractivity contribution >= 4 is 57.5 Å². The van der Waals surface area contributed by atoms with Crippen LogP contribution in [0.3, 0.4) is 0 Å². The van der Waals surface area contributed by atoms with Crippen LogP contribution >= 0.6 is 34.2 Å². The van der Waals surface area contributed by atoms with E-state index in [4.69, 9.17) is 11.6 Å². The topological polar surface area (TPSA) is 70.2 Å². The lowest BCUT2D eigenvalue weighted by Gasteiger charge is -2.10. The summed E-state index contributed by atoms with van der Waals surface area (Å²) in [6.07, 6.45) is 0. The summed E-state index contributed by atoms with van der Waals surface area (Å²) in [4.78, 5) is 23.8. The van der Waals surface area contributed by atoms with Crippen LogP contribution < -0.4 is 16.0 Å². The van der Waals surface area contributed by atoms with Gasteiger partial charge in [-0.05, 0) is 65.9 Å². The highest BCUT2D eigenvalue weighted by Gasteiger charge is 2.11. The number of hydrogen-bond acceptors (Lipinski definition) is 2. The predicted octanol–water partition coefficient (Wildman–Crippen LogP) is 4.34. The molecule has 2 aromatic rings. The van der Waals surface area contributed by atoms with E-state index in [1.54, 1.807) is 42.5 Å². The molecule has 7 heteroatoms. The Bertz CT molecular complexity index is 737. The highest BCUT2D eigenvalue weighted by atomic mass is 127. The van der Waals surface area contributed by atoms with Gasteiger partial charge in [-0.1, -0.05) is 17.7 Å². The van der Waals surface area contributed by atoms with Gasteiger partial charge in [0.25, 0.3) is 5.91 Å². The summed E-state index contributed by atoms with van der Waals surface area (Å²) in [7, 11) is 0. The Hall–Kier alpha value is -1.80. The fraction of sp³-hybridized carbons (Fsp3) is 0.125. The molecule has 23 heavy (non-hydrogen) atoms. The summed E-state index contributed by atoms with van der Waals surface area (Å²) in [5, 5.41) is 8.72. The van der Waals surface area contributed by atoms with Crippen LogP contribution in [-0.4, -0.2) is 18.5 Å². The molecule has 0 radical (unpaired) electrons. The number of benzene rings is 2. The lowest BCUT2D eigenvalue weighted by Crippen LogP contribution is -2.28. The van der Waals surface area contributed by atoms with Crippen LogP contribution in [0.4, 0.5) is 16.2 Å². The maximum Gasteiger partial charge on any atom is 0.319 e. The normalized spacial score (nSPS) is 10.0. The van der Waals surface area contributed by atoms with Crippen LogP contribution in [0.25, 0.3) is 0 Å². The molecule has 0 aliphatic heterocycles. The number of halogens is 2. The summed E-state index contributed by atoms with van der Waals surface area (Å²) in [6.45, 7) is 2.38. The van der Waals surface area contributed by atoms with Gasteiger partial charge in [-0.15, -0.1) is 0 Å². The Kier molecular flexibility index (Phi) is 6.23. The van der Waals surface area contributed by atoms with Crippen molar-refractivity contribution in [3.63, 3.8) is 0 Å². The minimum absolute atomic E-state index is 0.235. The van der Waals surface area contributed by atoms with Gasteiger partial charge in [0.1, 0.15) is 0 Å². The van der Waals surface area contributed by atoms with Gasteiger partial charge in [0.05, 0.1) is 5.56 Å². The summed E-state index contributed by atoms with van der Waals surface area (Å²) in [6, 6.07) is 11.7. The van der Waals surface area contributed by atoms with Gasteiger partial charge >= 0.3 is 6.03 Å². The number of urea groups is 1. The quantitative estimate of drug-likeness (QED) is 0.615. The summed E-state index contributed by atoms with van der Waals surface area (Å²) >= 11 is 7.96. The first-order valence-electron chi connectivity index (χ1n) is 6.91. The smallest absolute Gasteiger partial charge is 0.319 e. The molecule has 0 saturated heterocycles. The fourth-order valence-electron chi connectivity index (χ4n) is 1.88. The Labute approximate surface area is 152 Å². The molecule has 0 aromatic heterocycles. The minimum Gasteiger partial charge on any atom is -0.338 e. The summed E-state index contributed by atoms with van der Waals surface area (Å²) in [5.41, 5.74) is 1.73. The number of carbonyl (C=O) groups is 2. The molecule has 0 heterocycles. The Morgan fingerprint density at radius 3 is 2.43 bits per heavy atom. The van der Waals surface area contributed by atoms with Crippen LogP contribution in [0, 0.1) is 3.57 Å². The number of carbonyl (C=O) groups excluding carboxylic acids is 2. The molecule has 2 rings (SSSR count). The van der Waals surface area contributed by atoms with E-state index in [9.17, 15) is 9.59 Å². The first-order chi connectivity index (χ1) is 11.0. The van der Waals surface area contributed by atoms with Crippen LogP contribution in [0.2, 0.25) is 5.02 Å². The fourth-order valence-corrected chi connectivity index (χ4v) is 3.00. The van der Waals surface area contributed by atoms with Gasteiger partial charge in [0.2, 0.25) is 0 Å². The molecule has 0 fully saturated rings. The third-order valence-corrected chi connectivity index (χ3v) is 4.02. The molecular formula is C16H15ClIN3O2. The van der Waals surface area contributed by atoms with Crippen LogP contribution in [-0.2, 0) is 0 Å². The monoisotopic (exact) mass is 443 g/mol. The zero-order valence-corrected chi connectivity index (χ0v) is 15.2. The van der Waals surface area contributed by atoms with Gasteiger partial charge < -0.3 is 16.0 Å². The van der Waals surface area contributed by atoms with Crippen LogP contribution in [0.15, 0.2) is 42.5 Å². The maximum absolute atomic E-state index is 12.3. The van der Waals surface area contributed by atoms with E-state index >= 15 is 0 Å². The van der Waals surface area contributed by atoms with Crippen molar-refractivity contribution in [2.75, 3.05) is 17.2 Å². The summed E-state index contributed by atoms with van der Waals surface area (Å²) < 4.78 is 0.768. The number of anilines is 2. The van der Waals surface area contributed by atoms with E-state index in [-0.39, 0.29) is 11.9 Å². The number of hydrogen-bond donors (Lipinski definition) is 3. The molecule has 120 valence electrons. The molecule has 3 N–H and O–H groups in total.